The second kappa shape index (κ2) is 6.39. The third-order valence-electron chi connectivity index (χ3n) is 4.76. The Hall–Kier alpha value is -1.56. The van der Waals surface area contributed by atoms with Gasteiger partial charge in [0.2, 0.25) is 0 Å². The number of rotatable bonds is 3. The van der Waals surface area contributed by atoms with Gasteiger partial charge >= 0.3 is 6.18 Å². The summed E-state index contributed by atoms with van der Waals surface area (Å²) >= 11 is 1.56. The standard InChI is InChI=1S/C18H20F3NOS/c1-3-11-4-6-13-15(8-11)24-16-9-12(5-7-14(16)17(13)23)22(2)10-18(19,20)21/h5,7,9,11H,3-4,6,8,10H2,1-2H3. The van der Waals surface area contributed by atoms with Crippen molar-refractivity contribution in [2.45, 2.75) is 38.8 Å². The number of nitrogens with zero attached hydrogens (tertiary/aromatic N) is 1. The molecule has 24 heavy (non-hydrogen) atoms. The number of alkyl halides is 3. The van der Waals surface area contributed by atoms with Crippen molar-refractivity contribution in [1.82, 2.24) is 0 Å². The van der Waals surface area contributed by atoms with Crippen LogP contribution in [0.15, 0.2) is 23.0 Å². The lowest BCUT2D eigenvalue weighted by Crippen LogP contribution is -2.30. The Balaban J connectivity index is 2.02. The zero-order chi connectivity index (χ0) is 17.5. The van der Waals surface area contributed by atoms with Crippen molar-refractivity contribution < 1.29 is 13.2 Å². The highest BCUT2D eigenvalue weighted by Gasteiger charge is 2.29. The zero-order valence-electron chi connectivity index (χ0n) is 13.7. The van der Waals surface area contributed by atoms with Gasteiger partial charge in [0.25, 0.3) is 0 Å². The molecule has 0 bridgehead atoms. The van der Waals surface area contributed by atoms with Crippen LogP contribution in [0.4, 0.5) is 18.9 Å². The van der Waals surface area contributed by atoms with Gasteiger partial charge in [0.05, 0.1) is 0 Å². The maximum absolute atomic E-state index is 12.7. The van der Waals surface area contributed by atoms with Crippen LogP contribution in [-0.2, 0) is 12.8 Å². The van der Waals surface area contributed by atoms with Gasteiger partial charge in [-0.1, -0.05) is 13.3 Å². The molecule has 1 unspecified atom stereocenters. The van der Waals surface area contributed by atoms with E-state index in [0.717, 1.165) is 40.8 Å². The van der Waals surface area contributed by atoms with Crippen LogP contribution in [0.2, 0.25) is 0 Å². The Kier molecular flexibility index (Phi) is 4.60. The van der Waals surface area contributed by atoms with E-state index in [4.69, 9.17) is 0 Å². The summed E-state index contributed by atoms with van der Waals surface area (Å²) < 4.78 is 38.5. The maximum Gasteiger partial charge on any atom is 0.405 e. The average Bonchev–Trinajstić information content (AvgIpc) is 2.52. The summed E-state index contributed by atoms with van der Waals surface area (Å²) in [5, 5.41) is 0.623. The second-order valence-electron chi connectivity index (χ2n) is 6.50. The highest BCUT2D eigenvalue weighted by atomic mass is 32.1. The normalized spacial score (nSPS) is 17.8. The van der Waals surface area contributed by atoms with Crippen LogP contribution in [0.3, 0.4) is 0 Å². The van der Waals surface area contributed by atoms with Gasteiger partial charge in [0.15, 0.2) is 5.43 Å². The molecule has 0 spiro atoms. The molecule has 6 heteroatoms. The molecule has 1 aliphatic carbocycles. The van der Waals surface area contributed by atoms with Crippen molar-refractivity contribution in [2.75, 3.05) is 18.5 Å². The van der Waals surface area contributed by atoms with E-state index in [9.17, 15) is 18.0 Å². The fraction of sp³-hybridized carbons (Fsp3) is 0.500. The molecule has 1 heterocycles. The minimum Gasteiger partial charge on any atom is -0.366 e. The highest BCUT2D eigenvalue weighted by molar-refractivity contribution is 7.18. The molecule has 0 saturated carbocycles. The van der Waals surface area contributed by atoms with Gasteiger partial charge in [-0.15, -0.1) is 11.3 Å². The second-order valence-corrected chi connectivity index (χ2v) is 7.64. The number of hydrogen-bond acceptors (Lipinski definition) is 3. The minimum atomic E-state index is -4.25. The Bertz CT molecular complexity index is 812. The van der Waals surface area contributed by atoms with E-state index in [1.165, 1.54) is 11.9 Å². The fourth-order valence-corrected chi connectivity index (χ4v) is 4.70. The first kappa shape index (κ1) is 17.3. The van der Waals surface area contributed by atoms with Gasteiger partial charge in [-0.2, -0.15) is 13.2 Å². The number of hydrogen-bond donors (Lipinski definition) is 0. The van der Waals surface area contributed by atoms with Crippen LogP contribution >= 0.6 is 11.3 Å². The largest absolute Gasteiger partial charge is 0.405 e. The van der Waals surface area contributed by atoms with E-state index in [1.54, 1.807) is 29.5 Å². The van der Waals surface area contributed by atoms with Crippen molar-refractivity contribution in [3.05, 3.63) is 38.9 Å². The molecular formula is C18H20F3NOS. The molecule has 3 rings (SSSR count). The van der Waals surface area contributed by atoms with E-state index in [-0.39, 0.29) is 5.43 Å². The monoisotopic (exact) mass is 355 g/mol. The molecule has 0 radical (unpaired) electrons. The Morgan fingerprint density at radius 1 is 1.33 bits per heavy atom. The summed E-state index contributed by atoms with van der Waals surface area (Å²) in [6.07, 6.45) is -0.393. The summed E-state index contributed by atoms with van der Waals surface area (Å²) in [6.45, 7) is 1.15. The van der Waals surface area contributed by atoms with Gasteiger partial charge < -0.3 is 4.90 Å². The quantitative estimate of drug-likeness (QED) is 0.790. The number of fused-ring (bicyclic) bond motifs is 2. The summed E-state index contributed by atoms with van der Waals surface area (Å²) in [5.74, 6) is 0.599. The molecular weight excluding hydrogens is 335 g/mol. The van der Waals surface area contributed by atoms with Gasteiger partial charge in [-0.05, 0) is 43.4 Å². The van der Waals surface area contributed by atoms with Gasteiger partial charge in [0.1, 0.15) is 6.54 Å². The molecule has 1 aromatic heterocycles. The first-order chi connectivity index (χ1) is 11.3. The Labute approximate surface area is 142 Å². The fourth-order valence-electron chi connectivity index (χ4n) is 3.34. The van der Waals surface area contributed by atoms with E-state index in [1.807, 2.05) is 0 Å². The third kappa shape index (κ3) is 3.43. The van der Waals surface area contributed by atoms with Crippen LogP contribution in [-0.4, -0.2) is 19.8 Å². The van der Waals surface area contributed by atoms with E-state index in [2.05, 4.69) is 6.92 Å². The van der Waals surface area contributed by atoms with Crippen LogP contribution in [0.1, 0.15) is 30.2 Å². The topological polar surface area (TPSA) is 20.3 Å². The molecule has 1 aromatic carbocycles. The summed E-state index contributed by atoms with van der Waals surface area (Å²) in [6, 6.07) is 4.98. The molecule has 2 aromatic rings. The van der Waals surface area contributed by atoms with Crippen LogP contribution in [0, 0.1) is 5.92 Å². The lowest BCUT2D eigenvalue weighted by Gasteiger charge is -2.24. The van der Waals surface area contributed by atoms with E-state index >= 15 is 0 Å². The number of halogens is 3. The van der Waals surface area contributed by atoms with Gasteiger partial charge in [0, 0.05) is 33.3 Å². The first-order valence-electron chi connectivity index (χ1n) is 8.15. The molecule has 0 amide bonds. The summed E-state index contributed by atoms with van der Waals surface area (Å²) in [4.78, 5) is 15.0. The molecule has 0 saturated heterocycles. The molecule has 1 aliphatic rings. The van der Waals surface area contributed by atoms with Crippen molar-refractivity contribution in [2.24, 2.45) is 5.92 Å². The minimum absolute atomic E-state index is 0.0540. The summed E-state index contributed by atoms with van der Waals surface area (Å²) in [7, 11) is 1.42. The Morgan fingerprint density at radius 2 is 2.08 bits per heavy atom. The lowest BCUT2D eigenvalue weighted by atomic mass is 9.87. The molecule has 2 nitrogen and oxygen atoms in total. The maximum atomic E-state index is 12.7. The molecule has 0 fully saturated rings. The van der Waals surface area contributed by atoms with Crippen molar-refractivity contribution in [3.8, 4) is 0 Å². The summed E-state index contributed by atoms with van der Waals surface area (Å²) in [5.41, 5.74) is 1.45. The lowest BCUT2D eigenvalue weighted by molar-refractivity contribution is -0.119. The third-order valence-corrected chi connectivity index (χ3v) is 5.98. The molecule has 130 valence electrons. The number of anilines is 1. The smallest absolute Gasteiger partial charge is 0.366 e. The predicted molar refractivity (Wildman–Crippen MR) is 93.2 cm³/mol. The SMILES string of the molecule is CCC1CCc2c(sc3cc(N(C)CC(F)(F)F)ccc3c2=O)C1. The molecule has 0 aliphatic heterocycles. The van der Waals surface area contributed by atoms with Crippen molar-refractivity contribution in [1.29, 1.82) is 0 Å². The van der Waals surface area contributed by atoms with Crippen molar-refractivity contribution >= 4 is 27.1 Å². The Morgan fingerprint density at radius 3 is 2.75 bits per heavy atom. The zero-order valence-corrected chi connectivity index (χ0v) is 14.6. The average molecular weight is 355 g/mol. The predicted octanol–water partition coefficient (Wildman–Crippen LogP) is 4.77. The molecule has 0 N–H and O–H groups in total. The van der Waals surface area contributed by atoms with Gasteiger partial charge in [-0.25, -0.2) is 0 Å². The van der Waals surface area contributed by atoms with Crippen LogP contribution in [0.25, 0.3) is 10.1 Å². The van der Waals surface area contributed by atoms with Crippen LogP contribution < -0.4 is 10.3 Å². The van der Waals surface area contributed by atoms with E-state index in [0.29, 0.717) is 17.0 Å². The highest BCUT2D eigenvalue weighted by Crippen LogP contribution is 2.33. The van der Waals surface area contributed by atoms with Crippen LogP contribution in [0.5, 0.6) is 0 Å². The molecule has 1 atom stereocenters. The van der Waals surface area contributed by atoms with Gasteiger partial charge in [-0.3, -0.25) is 4.79 Å². The van der Waals surface area contributed by atoms with E-state index < -0.39 is 12.7 Å². The van der Waals surface area contributed by atoms with Crippen molar-refractivity contribution in [3.63, 3.8) is 0 Å². The first-order valence-corrected chi connectivity index (χ1v) is 8.96. The number of benzene rings is 1.